The van der Waals surface area contributed by atoms with Gasteiger partial charge in [0, 0.05) is 0 Å². The number of fused-ring (bicyclic) bond motifs is 1. The summed E-state index contributed by atoms with van der Waals surface area (Å²) >= 11 is 0. The van der Waals surface area contributed by atoms with Gasteiger partial charge in [0.2, 0.25) is 0 Å². The summed E-state index contributed by atoms with van der Waals surface area (Å²) < 4.78 is 10.3. The highest BCUT2D eigenvalue weighted by Crippen LogP contribution is 2.16. The Kier molecular flexibility index (Phi) is 6.79. The van der Waals surface area contributed by atoms with Gasteiger partial charge in [0.25, 0.3) is 0 Å². The monoisotopic (exact) mass is 328 g/mol. The molecule has 0 N–H and O–H groups in total. The second-order valence-electron chi connectivity index (χ2n) is 5.88. The van der Waals surface area contributed by atoms with Crippen LogP contribution in [0.1, 0.15) is 38.7 Å². The lowest BCUT2D eigenvalue weighted by Crippen LogP contribution is -2.17. The molecule has 0 radical (unpaired) electrons. The van der Waals surface area contributed by atoms with Gasteiger partial charge in [0.15, 0.2) is 0 Å². The SMILES string of the molecule is CCC(CC)COC(=O)CC(=O)OCc1ccc2ccccc2c1. The largest absolute Gasteiger partial charge is 0.465 e. The van der Waals surface area contributed by atoms with Crippen LogP contribution in [-0.2, 0) is 25.7 Å². The molecule has 0 aliphatic carbocycles. The van der Waals surface area contributed by atoms with E-state index in [1.807, 2.05) is 42.5 Å². The van der Waals surface area contributed by atoms with Gasteiger partial charge in [0.05, 0.1) is 6.61 Å². The molecule has 0 atom stereocenters. The maximum absolute atomic E-state index is 11.8. The molecule has 2 aromatic carbocycles. The topological polar surface area (TPSA) is 52.6 Å². The van der Waals surface area contributed by atoms with Crippen molar-refractivity contribution in [2.45, 2.75) is 39.7 Å². The molecule has 0 saturated carbocycles. The summed E-state index contributed by atoms with van der Waals surface area (Å²) in [5.74, 6) is -0.731. The number of hydrogen-bond acceptors (Lipinski definition) is 4. The van der Waals surface area contributed by atoms with E-state index in [1.165, 1.54) is 0 Å². The Hall–Kier alpha value is -2.36. The third kappa shape index (κ3) is 5.37. The molecule has 2 rings (SSSR count). The molecule has 0 heterocycles. The van der Waals surface area contributed by atoms with Crippen LogP contribution in [0.25, 0.3) is 10.8 Å². The number of hydrogen-bond donors (Lipinski definition) is 0. The predicted octanol–water partition coefficient (Wildman–Crippen LogP) is 4.25. The van der Waals surface area contributed by atoms with Crippen LogP contribution >= 0.6 is 0 Å². The van der Waals surface area contributed by atoms with Crippen LogP contribution < -0.4 is 0 Å². The average Bonchev–Trinajstić information content (AvgIpc) is 2.60. The summed E-state index contributed by atoms with van der Waals surface area (Å²) in [6.07, 6.45) is 1.57. The number of esters is 2. The summed E-state index contributed by atoms with van der Waals surface area (Å²) in [6.45, 7) is 4.63. The Morgan fingerprint density at radius 2 is 1.58 bits per heavy atom. The molecule has 0 bridgehead atoms. The van der Waals surface area contributed by atoms with E-state index < -0.39 is 11.9 Å². The standard InChI is InChI=1S/C20H24O4/c1-3-15(4-2)13-23-19(21)12-20(22)24-14-16-9-10-17-7-5-6-8-18(17)11-16/h5-11,15H,3-4,12-14H2,1-2H3. The summed E-state index contributed by atoms with van der Waals surface area (Å²) in [7, 11) is 0. The summed E-state index contributed by atoms with van der Waals surface area (Å²) in [5, 5.41) is 2.23. The van der Waals surface area contributed by atoms with E-state index in [4.69, 9.17) is 9.47 Å². The van der Waals surface area contributed by atoms with E-state index in [9.17, 15) is 9.59 Å². The number of carbonyl (C=O) groups excluding carboxylic acids is 2. The van der Waals surface area contributed by atoms with E-state index in [0.717, 1.165) is 29.2 Å². The molecular weight excluding hydrogens is 304 g/mol. The van der Waals surface area contributed by atoms with Crippen LogP contribution in [0.5, 0.6) is 0 Å². The van der Waals surface area contributed by atoms with Gasteiger partial charge >= 0.3 is 11.9 Å². The first-order valence-corrected chi connectivity index (χ1v) is 8.41. The zero-order chi connectivity index (χ0) is 17.4. The Morgan fingerprint density at radius 1 is 0.917 bits per heavy atom. The molecule has 0 saturated heterocycles. The van der Waals surface area contributed by atoms with Crippen molar-refractivity contribution in [2.75, 3.05) is 6.61 Å². The van der Waals surface area contributed by atoms with Gasteiger partial charge in [-0.15, -0.1) is 0 Å². The van der Waals surface area contributed by atoms with Gasteiger partial charge in [-0.3, -0.25) is 9.59 Å². The highest BCUT2D eigenvalue weighted by atomic mass is 16.6. The maximum Gasteiger partial charge on any atom is 0.317 e. The van der Waals surface area contributed by atoms with Crippen molar-refractivity contribution in [3.8, 4) is 0 Å². The molecule has 0 spiro atoms. The van der Waals surface area contributed by atoms with Crippen LogP contribution in [0.2, 0.25) is 0 Å². The van der Waals surface area contributed by atoms with E-state index in [0.29, 0.717) is 12.5 Å². The molecule has 4 nitrogen and oxygen atoms in total. The van der Waals surface area contributed by atoms with Gasteiger partial charge < -0.3 is 9.47 Å². The van der Waals surface area contributed by atoms with Crippen LogP contribution in [0, 0.1) is 5.92 Å². The normalized spacial score (nSPS) is 10.8. The maximum atomic E-state index is 11.8. The third-order valence-electron chi connectivity index (χ3n) is 4.14. The smallest absolute Gasteiger partial charge is 0.317 e. The number of benzene rings is 2. The first-order valence-electron chi connectivity index (χ1n) is 8.41. The van der Waals surface area contributed by atoms with Crippen molar-refractivity contribution in [1.29, 1.82) is 0 Å². The van der Waals surface area contributed by atoms with Gasteiger partial charge in [0.1, 0.15) is 13.0 Å². The quantitative estimate of drug-likeness (QED) is 0.537. The van der Waals surface area contributed by atoms with Crippen LogP contribution in [-0.4, -0.2) is 18.5 Å². The molecule has 0 fully saturated rings. The van der Waals surface area contributed by atoms with Crippen molar-refractivity contribution in [3.05, 3.63) is 48.0 Å². The number of ether oxygens (including phenoxy) is 2. The summed E-state index contributed by atoms with van der Waals surface area (Å²) in [4.78, 5) is 23.4. The Labute approximate surface area is 142 Å². The van der Waals surface area contributed by atoms with E-state index in [-0.39, 0.29) is 13.0 Å². The van der Waals surface area contributed by atoms with E-state index in [1.54, 1.807) is 0 Å². The Bertz CT molecular complexity index is 689. The Morgan fingerprint density at radius 3 is 2.29 bits per heavy atom. The van der Waals surface area contributed by atoms with Crippen molar-refractivity contribution in [2.24, 2.45) is 5.92 Å². The highest BCUT2D eigenvalue weighted by molar-refractivity contribution is 5.91. The first-order chi connectivity index (χ1) is 11.6. The fourth-order valence-corrected chi connectivity index (χ4v) is 2.45. The molecule has 0 aromatic heterocycles. The molecule has 0 unspecified atom stereocenters. The number of rotatable bonds is 8. The molecule has 128 valence electrons. The minimum absolute atomic E-state index is 0.156. The lowest BCUT2D eigenvalue weighted by atomic mass is 10.1. The summed E-state index contributed by atoms with van der Waals surface area (Å²) in [6, 6.07) is 13.9. The fourth-order valence-electron chi connectivity index (χ4n) is 2.45. The number of carbonyl (C=O) groups is 2. The second kappa shape index (κ2) is 9.06. The third-order valence-corrected chi connectivity index (χ3v) is 4.14. The minimum Gasteiger partial charge on any atom is -0.465 e. The predicted molar refractivity (Wildman–Crippen MR) is 93.4 cm³/mol. The van der Waals surface area contributed by atoms with Crippen LogP contribution in [0.15, 0.2) is 42.5 Å². The van der Waals surface area contributed by atoms with Gasteiger partial charge in [-0.2, -0.15) is 0 Å². The van der Waals surface area contributed by atoms with Crippen molar-refractivity contribution >= 4 is 22.7 Å². The average molecular weight is 328 g/mol. The van der Waals surface area contributed by atoms with E-state index >= 15 is 0 Å². The molecule has 24 heavy (non-hydrogen) atoms. The fraction of sp³-hybridized carbons (Fsp3) is 0.400. The zero-order valence-electron chi connectivity index (χ0n) is 14.3. The molecule has 0 aliphatic heterocycles. The lowest BCUT2D eigenvalue weighted by Gasteiger charge is -2.12. The molecule has 0 aliphatic rings. The summed E-state index contributed by atoms with van der Waals surface area (Å²) in [5.41, 5.74) is 0.896. The van der Waals surface area contributed by atoms with Crippen molar-refractivity contribution < 1.29 is 19.1 Å². The molecule has 0 amide bonds. The highest BCUT2D eigenvalue weighted by Gasteiger charge is 2.14. The lowest BCUT2D eigenvalue weighted by molar-refractivity contribution is -0.156. The van der Waals surface area contributed by atoms with Crippen molar-refractivity contribution in [3.63, 3.8) is 0 Å². The minimum atomic E-state index is -0.558. The van der Waals surface area contributed by atoms with E-state index in [2.05, 4.69) is 13.8 Å². The Balaban J connectivity index is 1.78. The zero-order valence-corrected chi connectivity index (χ0v) is 14.3. The van der Waals surface area contributed by atoms with Gasteiger partial charge in [-0.25, -0.2) is 0 Å². The van der Waals surface area contributed by atoms with Crippen LogP contribution in [0.3, 0.4) is 0 Å². The first kappa shape index (κ1) is 18.0. The van der Waals surface area contributed by atoms with Gasteiger partial charge in [-0.1, -0.05) is 63.1 Å². The van der Waals surface area contributed by atoms with Gasteiger partial charge in [-0.05, 0) is 28.3 Å². The van der Waals surface area contributed by atoms with Crippen LogP contribution in [0.4, 0.5) is 0 Å². The molecule has 2 aromatic rings. The van der Waals surface area contributed by atoms with Crippen molar-refractivity contribution in [1.82, 2.24) is 0 Å². The second-order valence-corrected chi connectivity index (χ2v) is 5.88. The molecule has 4 heteroatoms. The molecular formula is C20H24O4.